The molecule has 0 aliphatic heterocycles. The summed E-state index contributed by atoms with van der Waals surface area (Å²) in [6.45, 7) is 0. The van der Waals surface area contributed by atoms with Crippen molar-refractivity contribution in [2.24, 2.45) is 0 Å². The van der Waals surface area contributed by atoms with Crippen molar-refractivity contribution in [2.75, 3.05) is 0 Å². The molecule has 0 saturated carbocycles. The fraction of sp³-hybridized carbons (Fsp3) is 0.125. The molecule has 2 unspecified atom stereocenters. The molecule has 0 saturated heterocycles. The zero-order chi connectivity index (χ0) is 15.1. The largest absolute Gasteiger partial charge is 0.341 e. The second-order valence-electron chi connectivity index (χ2n) is 5.08. The molecule has 0 amide bonds. The first-order valence-corrected chi connectivity index (χ1v) is 8.73. The van der Waals surface area contributed by atoms with E-state index in [1.807, 2.05) is 48.5 Å². The Balaban J connectivity index is 1.70. The van der Waals surface area contributed by atoms with E-state index in [2.05, 4.69) is 51.8 Å². The molecule has 4 nitrogen and oxygen atoms in total. The molecule has 2 atom stereocenters. The van der Waals surface area contributed by atoms with Gasteiger partial charge in [-0.05, 0) is 24.3 Å². The van der Waals surface area contributed by atoms with E-state index in [1.54, 1.807) is 0 Å². The third-order valence-electron chi connectivity index (χ3n) is 3.59. The van der Waals surface area contributed by atoms with Crippen LogP contribution in [0.3, 0.4) is 0 Å². The second-order valence-corrected chi connectivity index (χ2v) is 7.05. The highest BCUT2D eigenvalue weighted by Crippen LogP contribution is 2.40. The molecule has 0 spiro atoms. The van der Waals surface area contributed by atoms with Gasteiger partial charge in [0.2, 0.25) is 0 Å². The number of H-pyrrole nitrogens is 2. The first-order valence-electron chi connectivity index (χ1n) is 6.90. The number of rotatable bonds is 3. The summed E-state index contributed by atoms with van der Waals surface area (Å²) in [5.41, 5.74) is 4.00. The summed E-state index contributed by atoms with van der Waals surface area (Å²) < 4.78 is 0. The van der Waals surface area contributed by atoms with Crippen molar-refractivity contribution in [1.82, 2.24) is 19.9 Å². The SMILES string of the molecule is BrC(c1nc2ccccc2[nH]1)C(Br)c1nc2ccccc2[nH]1. The molecule has 2 aromatic heterocycles. The van der Waals surface area contributed by atoms with Gasteiger partial charge in [0.05, 0.1) is 31.7 Å². The first kappa shape index (κ1) is 14.0. The number of imidazole rings is 2. The van der Waals surface area contributed by atoms with E-state index in [-0.39, 0.29) is 9.65 Å². The van der Waals surface area contributed by atoms with Crippen molar-refractivity contribution >= 4 is 53.9 Å². The minimum Gasteiger partial charge on any atom is -0.341 e. The molecule has 110 valence electrons. The van der Waals surface area contributed by atoms with Gasteiger partial charge in [-0.2, -0.15) is 0 Å². The third kappa shape index (κ3) is 2.36. The third-order valence-corrected chi connectivity index (χ3v) is 6.23. The molecule has 0 fully saturated rings. The second kappa shape index (κ2) is 5.52. The van der Waals surface area contributed by atoms with Gasteiger partial charge in [0.15, 0.2) is 0 Å². The molecule has 0 radical (unpaired) electrons. The lowest BCUT2D eigenvalue weighted by Crippen LogP contribution is -2.03. The quantitative estimate of drug-likeness (QED) is 0.458. The highest BCUT2D eigenvalue weighted by molar-refractivity contribution is 9.12. The Bertz CT molecular complexity index is 799. The summed E-state index contributed by atoms with van der Waals surface area (Å²) in [5, 5.41) is 0. The average Bonchev–Trinajstić information content (AvgIpc) is 3.16. The number of aromatic nitrogens is 4. The number of benzene rings is 2. The van der Waals surface area contributed by atoms with Crippen molar-refractivity contribution in [3.05, 3.63) is 60.2 Å². The summed E-state index contributed by atoms with van der Waals surface area (Å²) in [4.78, 5) is 16.0. The number of fused-ring (bicyclic) bond motifs is 2. The van der Waals surface area contributed by atoms with E-state index in [0.29, 0.717) is 0 Å². The van der Waals surface area contributed by atoms with Gasteiger partial charge in [0, 0.05) is 0 Å². The number of nitrogens with zero attached hydrogens (tertiary/aromatic N) is 2. The standard InChI is InChI=1S/C16H12Br2N4/c17-13(15-19-9-5-1-2-6-10(9)20-15)14(18)16-21-11-7-3-4-8-12(11)22-16/h1-8,13-14H,(H,19,20)(H,21,22). The highest BCUT2D eigenvalue weighted by atomic mass is 79.9. The molecule has 0 aliphatic carbocycles. The number of nitrogens with one attached hydrogen (secondary N) is 2. The van der Waals surface area contributed by atoms with E-state index in [9.17, 15) is 0 Å². The zero-order valence-corrected chi connectivity index (χ0v) is 14.6. The van der Waals surface area contributed by atoms with Crippen LogP contribution in [0, 0.1) is 0 Å². The van der Waals surface area contributed by atoms with Crippen LogP contribution >= 0.6 is 31.9 Å². The molecule has 0 aliphatic rings. The lowest BCUT2D eigenvalue weighted by Gasteiger charge is -2.12. The van der Waals surface area contributed by atoms with Crippen LogP contribution < -0.4 is 0 Å². The molecule has 22 heavy (non-hydrogen) atoms. The molecule has 2 N–H and O–H groups in total. The Labute approximate surface area is 143 Å². The summed E-state index contributed by atoms with van der Waals surface area (Å²) in [5.74, 6) is 1.76. The predicted octanol–water partition coefficient (Wildman–Crippen LogP) is 5.01. The highest BCUT2D eigenvalue weighted by Gasteiger charge is 2.25. The van der Waals surface area contributed by atoms with E-state index in [1.165, 1.54) is 0 Å². The van der Waals surface area contributed by atoms with Gasteiger partial charge in [0.25, 0.3) is 0 Å². The maximum atomic E-state index is 4.64. The minimum atomic E-state index is -0.0135. The molecule has 2 aromatic carbocycles. The predicted molar refractivity (Wildman–Crippen MR) is 95.5 cm³/mol. The van der Waals surface area contributed by atoms with Gasteiger partial charge in [-0.1, -0.05) is 56.1 Å². The Kier molecular flexibility index (Phi) is 3.50. The molecular formula is C16H12Br2N4. The van der Waals surface area contributed by atoms with Crippen LogP contribution in [0.4, 0.5) is 0 Å². The van der Waals surface area contributed by atoms with Crippen LogP contribution in [0.15, 0.2) is 48.5 Å². The van der Waals surface area contributed by atoms with Gasteiger partial charge < -0.3 is 9.97 Å². The Morgan fingerprint density at radius 3 is 1.50 bits per heavy atom. The molecule has 2 heterocycles. The van der Waals surface area contributed by atoms with Gasteiger partial charge in [-0.3, -0.25) is 0 Å². The van der Waals surface area contributed by atoms with Crippen LogP contribution in [-0.4, -0.2) is 19.9 Å². The number of hydrogen-bond donors (Lipinski definition) is 2. The van der Waals surface area contributed by atoms with Crippen molar-refractivity contribution < 1.29 is 0 Å². The number of alkyl halides is 2. The lowest BCUT2D eigenvalue weighted by atomic mass is 10.3. The Morgan fingerprint density at radius 2 is 1.09 bits per heavy atom. The fourth-order valence-electron chi connectivity index (χ4n) is 2.48. The maximum absolute atomic E-state index is 4.64. The van der Waals surface area contributed by atoms with Crippen molar-refractivity contribution in [3.63, 3.8) is 0 Å². The number of para-hydroxylation sites is 4. The molecule has 4 aromatic rings. The smallest absolute Gasteiger partial charge is 0.122 e. The Morgan fingerprint density at radius 1 is 0.682 bits per heavy atom. The van der Waals surface area contributed by atoms with E-state index in [4.69, 9.17) is 0 Å². The molecular weight excluding hydrogens is 408 g/mol. The van der Waals surface area contributed by atoms with Gasteiger partial charge >= 0.3 is 0 Å². The normalized spacial score (nSPS) is 14.5. The summed E-state index contributed by atoms with van der Waals surface area (Å²) >= 11 is 7.45. The van der Waals surface area contributed by atoms with Gasteiger partial charge in [-0.15, -0.1) is 0 Å². The van der Waals surface area contributed by atoms with Crippen molar-refractivity contribution in [1.29, 1.82) is 0 Å². The molecule has 0 bridgehead atoms. The monoisotopic (exact) mass is 418 g/mol. The first-order chi connectivity index (χ1) is 10.7. The van der Waals surface area contributed by atoms with Crippen LogP contribution in [0.25, 0.3) is 22.1 Å². The van der Waals surface area contributed by atoms with Crippen molar-refractivity contribution in [3.8, 4) is 0 Å². The summed E-state index contributed by atoms with van der Waals surface area (Å²) in [6, 6.07) is 16.0. The Hall–Kier alpha value is -1.66. The van der Waals surface area contributed by atoms with Crippen LogP contribution in [0.2, 0.25) is 0 Å². The zero-order valence-electron chi connectivity index (χ0n) is 11.4. The summed E-state index contributed by atoms with van der Waals surface area (Å²) in [7, 11) is 0. The van der Waals surface area contributed by atoms with Crippen LogP contribution in [-0.2, 0) is 0 Å². The van der Waals surface area contributed by atoms with E-state index in [0.717, 1.165) is 33.7 Å². The van der Waals surface area contributed by atoms with Crippen LogP contribution in [0.1, 0.15) is 21.3 Å². The molecule has 6 heteroatoms. The van der Waals surface area contributed by atoms with E-state index < -0.39 is 0 Å². The van der Waals surface area contributed by atoms with Gasteiger partial charge in [0.1, 0.15) is 11.6 Å². The topological polar surface area (TPSA) is 57.4 Å². The fourth-order valence-corrected chi connectivity index (χ4v) is 3.42. The number of halogens is 2. The van der Waals surface area contributed by atoms with Crippen LogP contribution in [0.5, 0.6) is 0 Å². The number of aromatic amines is 2. The minimum absolute atomic E-state index is 0.0135. The number of hydrogen-bond acceptors (Lipinski definition) is 2. The lowest BCUT2D eigenvalue weighted by molar-refractivity contribution is 0.827. The van der Waals surface area contributed by atoms with Crippen molar-refractivity contribution in [2.45, 2.75) is 9.65 Å². The summed E-state index contributed by atoms with van der Waals surface area (Å²) in [6.07, 6.45) is 0. The average molecular weight is 420 g/mol. The molecule has 4 rings (SSSR count). The van der Waals surface area contributed by atoms with Gasteiger partial charge in [-0.25, -0.2) is 9.97 Å². The van der Waals surface area contributed by atoms with E-state index >= 15 is 0 Å². The maximum Gasteiger partial charge on any atom is 0.122 e.